The molecule has 1 fully saturated rings. The highest BCUT2D eigenvalue weighted by Crippen LogP contribution is 2.46. The van der Waals surface area contributed by atoms with Crippen LogP contribution in [0.5, 0.6) is 0 Å². The van der Waals surface area contributed by atoms with Gasteiger partial charge in [0.05, 0.1) is 5.41 Å². The van der Waals surface area contributed by atoms with E-state index in [0.29, 0.717) is 0 Å². The fraction of sp³-hybridized carbons (Fsp3) is 0.909. The molecule has 1 aliphatic rings. The molecule has 1 N–H and O–H groups in total. The van der Waals surface area contributed by atoms with Gasteiger partial charge in [0.25, 0.3) is 0 Å². The average Bonchev–Trinajstić information content (AvgIpc) is 1.80. The predicted molar refractivity (Wildman–Crippen MR) is 52.6 cm³/mol. The predicted octanol–water partition coefficient (Wildman–Crippen LogP) is 3.07. The molecule has 0 bridgehead atoms. The van der Waals surface area contributed by atoms with Crippen LogP contribution in [0.25, 0.3) is 0 Å². The van der Waals surface area contributed by atoms with Gasteiger partial charge in [-0.1, -0.05) is 27.2 Å². The number of aliphatic carboxylic acids is 1. The molecule has 0 aromatic heterocycles. The smallest absolute Gasteiger partial charge is 0.309 e. The molecule has 0 saturated heterocycles. The molecule has 0 aliphatic heterocycles. The molecule has 0 heterocycles. The fourth-order valence-corrected chi connectivity index (χ4v) is 1.79. The van der Waals surface area contributed by atoms with Crippen LogP contribution >= 0.6 is 0 Å². The molecule has 13 heavy (non-hydrogen) atoms. The summed E-state index contributed by atoms with van der Waals surface area (Å²) in [6, 6.07) is 0. The SMILES string of the molecule is CC(C)(C)CCC1(C(=O)O)CCC1. The van der Waals surface area contributed by atoms with Gasteiger partial charge in [0.1, 0.15) is 0 Å². The highest BCUT2D eigenvalue weighted by molar-refractivity contribution is 5.75. The Labute approximate surface area is 80.3 Å². The molecule has 76 valence electrons. The van der Waals surface area contributed by atoms with Crippen molar-refractivity contribution in [2.45, 2.75) is 52.9 Å². The minimum Gasteiger partial charge on any atom is -0.481 e. The number of carbonyl (C=O) groups is 1. The van der Waals surface area contributed by atoms with Crippen LogP contribution in [0.15, 0.2) is 0 Å². The zero-order chi connectivity index (χ0) is 10.1. The molecule has 0 unspecified atom stereocenters. The first-order valence-corrected chi connectivity index (χ1v) is 5.09. The second-order valence-electron chi connectivity index (χ2n) is 5.50. The Morgan fingerprint density at radius 2 is 1.92 bits per heavy atom. The van der Waals surface area contributed by atoms with Crippen molar-refractivity contribution in [1.82, 2.24) is 0 Å². The van der Waals surface area contributed by atoms with Gasteiger partial charge in [-0.3, -0.25) is 4.79 Å². The van der Waals surface area contributed by atoms with Crippen LogP contribution in [-0.2, 0) is 4.79 Å². The van der Waals surface area contributed by atoms with Gasteiger partial charge < -0.3 is 5.11 Å². The van der Waals surface area contributed by atoms with Gasteiger partial charge in [0, 0.05) is 0 Å². The van der Waals surface area contributed by atoms with E-state index < -0.39 is 5.97 Å². The van der Waals surface area contributed by atoms with Crippen molar-refractivity contribution in [1.29, 1.82) is 0 Å². The number of hydrogen-bond donors (Lipinski definition) is 1. The standard InChI is InChI=1S/C11H20O2/c1-10(2,3)7-8-11(9(12)13)5-4-6-11/h4-8H2,1-3H3,(H,12,13). The van der Waals surface area contributed by atoms with Crippen molar-refractivity contribution < 1.29 is 9.90 Å². The summed E-state index contributed by atoms with van der Waals surface area (Å²) in [7, 11) is 0. The maximum absolute atomic E-state index is 11.0. The molecule has 0 spiro atoms. The molecule has 1 rings (SSSR count). The number of carboxylic acid groups (broad SMARTS) is 1. The first-order chi connectivity index (χ1) is 5.86. The Morgan fingerprint density at radius 3 is 2.15 bits per heavy atom. The summed E-state index contributed by atoms with van der Waals surface area (Å²) >= 11 is 0. The molecule has 1 saturated carbocycles. The average molecular weight is 184 g/mol. The number of carboxylic acids is 1. The Morgan fingerprint density at radius 1 is 1.38 bits per heavy atom. The summed E-state index contributed by atoms with van der Waals surface area (Å²) in [4.78, 5) is 11.0. The highest BCUT2D eigenvalue weighted by atomic mass is 16.4. The van der Waals surface area contributed by atoms with E-state index in [4.69, 9.17) is 5.11 Å². The fourth-order valence-electron chi connectivity index (χ4n) is 1.79. The van der Waals surface area contributed by atoms with Crippen molar-refractivity contribution >= 4 is 5.97 Å². The van der Waals surface area contributed by atoms with Gasteiger partial charge >= 0.3 is 5.97 Å². The zero-order valence-electron chi connectivity index (χ0n) is 8.89. The van der Waals surface area contributed by atoms with Crippen molar-refractivity contribution in [3.63, 3.8) is 0 Å². The van der Waals surface area contributed by atoms with Crippen LogP contribution < -0.4 is 0 Å². The summed E-state index contributed by atoms with van der Waals surface area (Å²) in [5, 5.41) is 9.08. The Bertz CT molecular complexity index is 197. The lowest BCUT2D eigenvalue weighted by molar-refractivity contribution is -0.155. The zero-order valence-corrected chi connectivity index (χ0v) is 8.89. The van der Waals surface area contributed by atoms with Crippen molar-refractivity contribution in [2.24, 2.45) is 10.8 Å². The van der Waals surface area contributed by atoms with Gasteiger partial charge in [0.15, 0.2) is 0 Å². The van der Waals surface area contributed by atoms with E-state index in [1.165, 1.54) is 0 Å². The lowest BCUT2D eigenvalue weighted by Crippen LogP contribution is -2.38. The van der Waals surface area contributed by atoms with E-state index in [9.17, 15) is 4.79 Å². The van der Waals surface area contributed by atoms with Crippen LogP contribution in [0.3, 0.4) is 0 Å². The third kappa shape index (κ3) is 2.45. The van der Waals surface area contributed by atoms with Gasteiger partial charge in [-0.2, -0.15) is 0 Å². The van der Waals surface area contributed by atoms with E-state index in [0.717, 1.165) is 32.1 Å². The van der Waals surface area contributed by atoms with E-state index in [-0.39, 0.29) is 10.8 Å². The molecule has 2 heteroatoms. The van der Waals surface area contributed by atoms with Crippen LogP contribution in [0.4, 0.5) is 0 Å². The lowest BCUT2D eigenvalue weighted by Gasteiger charge is -2.39. The highest BCUT2D eigenvalue weighted by Gasteiger charge is 2.44. The topological polar surface area (TPSA) is 37.3 Å². The number of hydrogen-bond acceptors (Lipinski definition) is 1. The first kappa shape index (κ1) is 10.6. The van der Waals surface area contributed by atoms with Gasteiger partial charge in [-0.25, -0.2) is 0 Å². The first-order valence-electron chi connectivity index (χ1n) is 5.09. The van der Waals surface area contributed by atoms with E-state index >= 15 is 0 Å². The Hall–Kier alpha value is -0.530. The van der Waals surface area contributed by atoms with Crippen LogP contribution in [-0.4, -0.2) is 11.1 Å². The Balaban J connectivity index is 2.46. The second-order valence-corrected chi connectivity index (χ2v) is 5.50. The summed E-state index contributed by atoms with van der Waals surface area (Å²) < 4.78 is 0. The van der Waals surface area contributed by atoms with E-state index in [2.05, 4.69) is 20.8 Å². The summed E-state index contributed by atoms with van der Waals surface area (Å²) in [6.07, 6.45) is 4.73. The molecule has 2 nitrogen and oxygen atoms in total. The van der Waals surface area contributed by atoms with E-state index in [1.54, 1.807) is 0 Å². The van der Waals surface area contributed by atoms with Gasteiger partial charge in [-0.15, -0.1) is 0 Å². The maximum Gasteiger partial charge on any atom is 0.309 e. The minimum absolute atomic E-state index is 0.262. The molecule has 0 aromatic rings. The summed E-state index contributed by atoms with van der Waals surface area (Å²) in [5.41, 5.74) is -0.0919. The van der Waals surface area contributed by atoms with Crippen molar-refractivity contribution in [2.75, 3.05) is 0 Å². The Kier molecular flexibility index (Phi) is 2.69. The van der Waals surface area contributed by atoms with Crippen LogP contribution in [0, 0.1) is 10.8 Å². The third-order valence-electron chi connectivity index (χ3n) is 3.12. The molecule has 0 radical (unpaired) electrons. The molecular formula is C11H20O2. The normalized spacial score (nSPS) is 20.8. The second kappa shape index (κ2) is 3.32. The quantitative estimate of drug-likeness (QED) is 0.732. The largest absolute Gasteiger partial charge is 0.481 e. The maximum atomic E-state index is 11.0. The monoisotopic (exact) mass is 184 g/mol. The van der Waals surface area contributed by atoms with Crippen LogP contribution in [0.1, 0.15) is 52.9 Å². The van der Waals surface area contributed by atoms with Crippen molar-refractivity contribution in [3.8, 4) is 0 Å². The molecule has 1 aliphatic carbocycles. The van der Waals surface area contributed by atoms with Crippen molar-refractivity contribution in [3.05, 3.63) is 0 Å². The molecule has 0 amide bonds. The summed E-state index contributed by atoms with van der Waals surface area (Å²) in [6.45, 7) is 6.50. The van der Waals surface area contributed by atoms with Gasteiger partial charge in [-0.05, 0) is 31.1 Å². The van der Waals surface area contributed by atoms with E-state index in [1.807, 2.05) is 0 Å². The lowest BCUT2D eigenvalue weighted by atomic mass is 9.64. The van der Waals surface area contributed by atoms with Crippen LogP contribution in [0.2, 0.25) is 0 Å². The summed E-state index contributed by atoms with van der Waals surface area (Å²) in [5.74, 6) is -0.581. The molecule has 0 aromatic carbocycles. The molecule has 0 atom stereocenters. The third-order valence-corrected chi connectivity index (χ3v) is 3.12. The number of rotatable bonds is 3. The van der Waals surface area contributed by atoms with Gasteiger partial charge in [0.2, 0.25) is 0 Å². The molecular weight excluding hydrogens is 164 g/mol. The minimum atomic E-state index is -0.581.